The van der Waals surface area contributed by atoms with Gasteiger partial charge in [0.05, 0.1) is 17.7 Å². The summed E-state index contributed by atoms with van der Waals surface area (Å²) in [5.41, 5.74) is 5.19. The van der Waals surface area contributed by atoms with Gasteiger partial charge in [0.1, 0.15) is 0 Å². The van der Waals surface area contributed by atoms with Crippen molar-refractivity contribution >= 4 is 23.6 Å². The van der Waals surface area contributed by atoms with Crippen molar-refractivity contribution in [2.75, 3.05) is 6.61 Å². The number of rotatable bonds is 6. The highest BCUT2D eigenvalue weighted by atomic mass is 16.5. The van der Waals surface area contributed by atoms with E-state index in [1.165, 1.54) is 0 Å². The molecule has 0 radical (unpaired) electrons. The van der Waals surface area contributed by atoms with Crippen molar-refractivity contribution in [1.29, 1.82) is 0 Å². The van der Waals surface area contributed by atoms with Gasteiger partial charge in [0.25, 0.3) is 0 Å². The number of aromatic nitrogens is 1. The number of ketones is 2. The van der Waals surface area contributed by atoms with Gasteiger partial charge < -0.3 is 9.30 Å². The first kappa shape index (κ1) is 21.5. The third kappa shape index (κ3) is 3.82. The molecule has 1 aliphatic carbocycles. The molecule has 32 heavy (non-hydrogen) atoms. The van der Waals surface area contributed by atoms with Crippen LogP contribution >= 0.6 is 0 Å². The number of nitrogens with zero attached hydrogens (tertiary/aromatic N) is 1. The van der Waals surface area contributed by atoms with Gasteiger partial charge in [0.2, 0.25) is 0 Å². The van der Waals surface area contributed by atoms with E-state index in [1.807, 2.05) is 43.5 Å². The number of esters is 1. The third-order valence-corrected chi connectivity index (χ3v) is 5.77. The second-order valence-corrected chi connectivity index (χ2v) is 7.96. The lowest BCUT2D eigenvalue weighted by Crippen LogP contribution is -2.07. The number of Topliss-reactive ketones (excluding diaryl/α,β-unsaturated/α-hetero) is 2. The molecule has 1 aromatic heterocycles. The van der Waals surface area contributed by atoms with Crippen LogP contribution in [0.15, 0.2) is 60.2 Å². The zero-order valence-corrected chi connectivity index (χ0v) is 18.5. The molecule has 1 heterocycles. The molecule has 0 fully saturated rings. The maximum Gasteiger partial charge on any atom is 0.338 e. The number of hydrogen-bond donors (Lipinski definition) is 0. The van der Waals surface area contributed by atoms with Crippen molar-refractivity contribution in [2.24, 2.45) is 0 Å². The molecule has 5 nitrogen and oxygen atoms in total. The van der Waals surface area contributed by atoms with Crippen LogP contribution < -0.4 is 0 Å². The fourth-order valence-electron chi connectivity index (χ4n) is 4.03. The summed E-state index contributed by atoms with van der Waals surface area (Å²) in [5, 5.41) is 0. The number of carbonyl (C=O) groups excluding carboxylic acids is 3. The molecule has 4 rings (SSSR count). The molecule has 0 bridgehead atoms. The van der Waals surface area contributed by atoms with Gasteiger partial charge in [0, 0.05) is 28.2 Å². The van der Waals surface area contributed by atoms with Crippen LogP contribution in [0.25, 0.3) is 11.8 Å². The summed E-state index contributed by atoms with van der Waals surface area (Å²) in [6.07, 6.45) is 3.50. The van der Waals surface area contributed by atoms with E-state index in [-0.39, 0.29) is 23.1 Å². The van der Waals surface area contributed by atoms with Crippen LogP contribution in [0.3, 0.4) is 0 Å². The van der Waals surface area contributed by atoms with Gasteiger partial charge in [-0.2, -0.15) is 0 Å². The lowest BCUT2D eigenvalue weighted by Gasteiger charge is -2.11. The minimum atomic E-state index is -0.325. The van der Waals surface area contributed by atoms with E-state index in [2.05, 4.69) is 0 Å². The van der Waals surface area contributed by atoms with E-state index in [1.54, 1.807) is 42.5 Å². The average molecular weight is 428 g/mol. The molecule has 0 amide bonds. The maximum absolute atomic E-state index is 12.7. The maximum atomic E-state index is 12.7. The molecule has 0 atom stereocenters. The summed E-state index contributed by atoms with van der Waals surface area (Å²) in [6.45, 7) is 6.39. The van der Waals surface area contributed by atoms with Gasteiger partial charge in [-0.25, -0.2) is 4.79 Å². The molecular weight excluding hydrogens is 402 g/mol. The van der Waals surface area contributed by atoms with Crippen LogP contribution in [0.4, 0.5) is 0 Å². The Labute approximate surface area is 187 Å². The molecule has 0 unspecified atom stereocenters. The third-order valence-electron chi connectivity index (χ3n) is 5.77. The van der Waals surface area contributed by atoms with Gasteiger partial charge in [-0.1, -0.05) is 37.6 Å². The van der Waals surface area contributed by atoms with E-state index in [9.17, 15) is 14.4 Å². The molecule has 3 aromatic rings. The zero-order valence-electron chi connectivity index (χ0n) is 18.5. The van der Waals surface area contributed by atoms with E-state index in [0.717, 1.165) is 35.5 Å². The Morgan fingerprint density at radius 3 is 2.19 bits per heavy atom. The number of aryl methyl sites for hydroxylation is 1. The summed E-state index contributed by atoms with van der Waals surface area (Å²) < 4.78 is 7.31. The molecule has 2 aromatic carbocycles. The van der Waals surface area contributed by atoms with Gasteiger partial charge in [-0.3, -0.25) is 9.59 Å². The van der Waals surface area contributed by atoms with Gasteiger partial charge >= 0.3 is 5.97 Å². The predicted octanol–water partition coefficient (Wildman–Crippen LogP) is 5.51. The number of fused-ring (bicyclic) bond motifs is 1. The Morgan fingerprint density at radius 1 is 0.969 bits per heavy atom. The van der Waals surface area contributed by atoms with E-state index in [0.29, 0.717) is 23.3 Å². The first-order valence-electron chi connectivity index (χ1n) is 10.8. The summed E-state index contributed by atoms with van der Waals surface area (Å²) in [7, 11) is 0. The summed E-state index contributed by atoms with van der Waals surface area (Å²) in [5.74, 6) is -0.795. The van der Waals surface area contributed by atoms with Crippen LogP contribution in [-0.2, 0) is 4.74 Å². The molecule has 0 spiro atoms. The summed E-state index contributed by atoms with van der Waals surface area (Å²) >= 11 is 0. The molecule has 0 aliphatic heterocycles. The number of hydrogen-bond acceptors (Lipinski definition) is 4. The fraction of sp³-hybridized carbons (Fsp3) is 0.222. The smallest absolute Gasteiger partial charge is 0.338 e. The molecule has 1 aliphatic rings. The van der Waals surface area contributed by atoms with Crippen LogP contribution in [0.2, 0.25) is 0 Å². The summed E-state index contributed by atoms with van der Waals surface area (Å²) in [4.78, 5) is 37.6. The van der Waals surface area contributed by atoms with E-state index in [4.69, 9.17) is 4.74 Å². The van der Waals surface area contributed by atoms with Crippen LogP contribution in [-0.4, -0.2) is 28.7 Å². The minimum Gasteiger partial charge on any atom is -0.462 e. The minimum absolute atomic E-state index is 0.191. The van der Waals surface area contributed by atoms with Crippen molar-refractivity contribution in [3.8, 4) is 5.69 Å². The Kier molecular flexibility index (Phi) is 5.91. The molecule has 0 saturated carbocycles. The second kappa shape index (κ2) is 8.79. The SMILES string of the molecule is CCCCOC(=O)c1ccc(-n2c(C)cc(C=C3C(=O)c4ccccc4C3=O)c2C)cc1. The predicted molar refractivity (Wildman–Crippen MR) is 124 cm³/mol. The van der Waals surface area contributed by atoms with Gasteiger partial charge in [0.15, 0.2) is 11.6 Å². The monoisotopic (exact) mass is 427 g/mol. The normalized spacial score (nSPS) is 12.8. The zero-order chi connectivity index (χ0) is 22.8. The highest BCUT2D eigenvalue weighted by Gasteiger charge is 2.32. The molecule has 0 saturated heterocycles. The Balaban J connectivity index is 1.62. The van der Waals surface area contributed by atoms with E-state index < -0.39 is 0 Å². The Bertz CT molecular complexity index is 1210. The lowest BCUT2D eigenvalue weighted by atomic mass is 10.1. The Morgan fingerprint density at radius 2 is 1.59 bits per heavy atom. The quantitative estimate of drug-likeness (QED) is 0.225. The van der Waals surface area contributed by atoms with E-state index >= 15 is 0 Å². The van der Waals surface area contributed by atoms with Crippen molar-refractivity contribution in [3.63, 3.8) is 0 Å². The number of unbranched alkanes of at least 4 members (excludes halogenated alkanes) is 1. The first-order valence-corrected chi connectivity index (χ1v) is 10.8. The molecular formula is C27H25NO4. The molecule has 0 N–H and O–H groups in total. The number of carbonyl (C=O) groups is 3. The summed E-state index contributed by atoms with van der Waals surface area (Å²) in [6, 6.07) is 16.1. The van der Waals surface area contributed by atoms with Crippen LogP contribution in [0.1, 0.15) is 67.8 Å². The lowest BCUT2D eigenvalue weighted by molar-refractivity contribution is 0.0499. The van der Waals surface area contributed by atoms with Crippen LogP contribution in [0.5, 0.6) is 0 Å². The van der Waals surface area contributed by atoms with Crippen molar-refractivity contribution in [1.82, 2.24) is 4.57 Å². The largest absolute Gasteiger partial charge is 0.462 e. The van der Waals surface area contributed by atoms with Crippen molar-refractivity contribution in [2.45, 2.75) is 33.6 Å². The fourth-order valence-corrected chi connectivity index (χ4v) is 4.03. The van der Waals surface area contributed by atoms with Gasteiger partial charge in [-0.05, 0) is 62.2 Å². The number of ether oxygens (including phenoxy) is 1. The Hall–Kier alpha value is -3.73. The first-order chi connectivity index (χ1) is 15.4. The van der Waals surface area contributed by atoms with Crippen LogP contribution in [0, 0.1) is 13.8 Å². The highest BCUT2D eigenvalue weighted by molar-refractivity contribution is 6.41. The molecule has 5 heteroatoms. The number of allylic oxidation sites excluding steroid dienone is 1. The van der Waals surface area contributed by atoms with Crippen molar-refractivity contribution in [3.05, 3.63) is 93.8 Å². The standard InChI is InChI=1S/C27H25NO4/c1-4-5-14-32-27(31)19-10-12-21(13-11-19)28-17(2)15-20(18(28)3)16-24-25(29)22-8-6-7-9-23(22)26(24)30/h6-13,15-16H,4-5,14H2,1-3H3. The molecule has 162 valence electrons. The topological polar surface area (TPSA) is 65.4 Å². The second-order valence-electron chi connectivity index (χ2n) is 7.96. The highest BCUT2D eigenvalue weighted by Crippen LogP contribution is 2.30. The van der Waals surface area contributed by atoms with Gasteiger partial charge in [-0.15, -0.1) is 0 Å². The average Bonchev–Trinajstić information content (AvgIpc) is 3.21. The number of benzene rings is 2. The van der Waals surface area contributed by atoms with Crippen molar-refractivity contribution < 1.29 is 19.1 Å².